The Labute approximate surface area is 137 Å². The van der Waals surface area contributed by atoms with Crippen molar-refractivity contribution in [2.24, 2.45) is 0 Å². The SMILES string of the molecule is COc1cc(Cl)c(C)cc1-n1c(=S)[nH]c2c(Cl)cccc21. The molecule has 0 radical (unpaired) electrons. The first-order valence-electron chi connectivity index (χ1n) is 6.26. The normalized spacial score (nSPS) is 11.0. The number of fused-ring (bicyclic) bond motifs is 1. The van der Waals surface area contributed by atoms with Crippen molar-refractivity contribution in [3.63, 3.8) is 0 Å². The van der Waals surface area contributed by atoms with E-state index in [4.69, 9.17) is 40.2 Å². The summed E-state index contributed by atoms with van der Waals surface area (Å²) in [5.41, 5.74) is 3.48. The molecule has 3 aromatic rings. The zero-order valence-corrected chi connectivity index (χ0v) is 13.7. The third kappa shape index (κ3) is 2.33. The molecule has 0 fully saturated rings. The highest BCUT2D eigenvalue weighted by molar-refractivity contribution is 7.71. The maximum absolute atomic E-state index is 6.22. The van der Waals surface area contributed by atoms with Gasteiger partial charge in [-0.2, -0.15) is 0 Å². The van der Waals surface area contributed by atoms with Crippen LogP contribution in [0.2, 0.25) is 10.0 Å². The fraction of sp³-hybridized carbons (Fsp3) is 0.133. The number of nitrogens with zero attached hydrogens (tertiary/aromatic N) is 1. The number of halogens is 2. The van der Waals surface area contributed by atoms with Gasteiger partial charge < -0.3 is 9.72 Å². The lowest BCUT2D eigenvalue weighted by Gasteiger charge is -2.12. The maximum atomic E-state index is 6.22. The van der Waals surface area contributed by atoms with Crippen LogP contribution < -0.4 is 4.74 Å². The molecule has 3 rings (SSSR count). The minimum atomic E-state index is 0.554. The van der Waals surface area contributed by atoms with Crippen molar-refractivity contribution in [3.05, 3.63) is 50.7 Å². The lowest BCUT2D eigenvalue weighted by Crippen LogP contribution is -1.99. The molecule has 0 bridgehead atoms. The van der Waals surface area contributed by atoms with E-state index < -0.39 is 0 Å². The van der Waals surface area contributed by atoms with Crippen molar-refractivity contribution in [2.75, 3.05) is 7.11 Å². The molecule has 0 aliphatic rings. The van der Waals surface area contributed by atoms with E-state index in [1.165, 1.54) is 0 Å². The number of para-hydroxylation sites is 1. The van der Waals surface area contributed by atoms with Crippen LogP contribution in [0.4, 0.5) is 0 Å². The number of aromatic amines is 1. The van der Waals surface area contributed by atoms with Crippen LogP contribution in [0.25, 0.3) is 16.7 Å². The number of rotatable bonds is 2. The molecular weight excluding hydrogens is 327 g/mol. The highest BCUT2D eigenvalue weighted by Crippen LogP contribution is 2.33. The molecular formula is C15H12Cl2N2OS. The third-order valence-electron chi connectivity index (χ3n) is 3.37. The average Bonchev–Trinajstić information content (AvgIpc) is 2.79. The largest absolute Gasteiger partial charge is 0.495 e. The first kappa shape index (κ1) is 14.4. The minimum absolute atomic E-state index is 0.554. The highest BCUT2D eigenvalue weighted by Gasteiger charge is 2.14. The molecule has 21 heavy (non-hydrogen) atoms. The number of hydrogen-bond acceptors (Lipinski definition) is 2. The summed E-state index contributed by atoms with van der Waals surface area (Å²) in [5, 5.41) is 1.28. The molecule has 0 amide bonds. The molecule has 0 unspecified atom stereocenters. The van der Waals surface area contributed by atoms with Crippen LogP contribution in [0.1, 0.15) is 5.56 Å². The molecule has 1 aromatic heterocycles. The minimum Gasteiger partial charge on any atom is -0.495 e. The zero-order chi connectivity index (χ0) is 15.1. The summed E-state index contributed by atoms with van der Waals surface area (Å²) in [6, 6.07) is 9.41. The molecule has 0 saturated carbocycles. The second-order valence-electron chi connectivity index (χ2n) is 4.67. The van der Waals surface area contributed by atoms with Gasteiger partial charge in [-0.15, -0.1) is 0 Å². The van der Waals surface area contributed by atoms with Crippen LogP contribution in [-0.4, -0.2) is 16.7 Å². The van der Waals surface area contributed by atoms with E-state index in [1.54, 1.807) is 13.2 Å². The van der Waals surface area contributed by atoms with Gasteiger partial charge in [-0.1, -0.05) is 29.3 Å². The summed E-state index contributed by atoms with van der Waals surface area (Å²) < 4.78 is 7.90. The molecule has 3 nitrogen and oxygen atoms in total. The lowest BCUT2D eigenvalue weighted by molar-refractivity contribution is 0.413. The molecule has 2 aromatic carbocycles. The van der Waals surface area contributed by atoms with E-state index in [0.717, 1.165) is 22.3 Å². The van der Waals surface area contributed by atoms with E-state index in [-0.39, 0.29) is 0 Å². The van der Waals surface area contributed by atoms with Crippen LogP contribution in [0.15, 0.2) is 30.3 Å². The summed E-state index contributed by atoms with van der Waals surface area (Å²) in [6.45, 7) is 1.94. The van der Waals surface area contributed by atoms with Gasteiger partial charge in [0.2, 0.25) is 0 Å². The summed E-state index contributed by atoms with van der Waals surface area (Å²) >= 11 is 17.8. The Balaban J connectivity index is 2.41. The van der Waals surface area contributed by atoms with E-state index >= 15 is 0 Å². The van der Waals surface area contributed by atoms with Crippen molar-refractivity contribution in [1.82, 2.24) is 9.55 Å². The fourth-order valence-electron chi connectivity index (χ4n) is 2.32. The fourth-order valence-corrected chi connectivity index (χ4v) is 2.99. The van der Waals surface area contributed by atoms with Crippen molar-refractivity contribution in [1.29, 1.82) is 0 Å². The Morgan fingerprint density at radius 2 is 1.95 bits per heavy atom. The van der Waals surface area contributed by atoms with Gasteiger partial charge in [0, 0.05) is 11.1 Å². The number of ether oxygens (including phenoxy) is 1. The number of aromatic nitrogens is 2. The van der Waals surface area contributed by atoms with Gasteiger partial charge in [0.1, 0.15) is 5.75 Å². The van der Waals surface area contributed by atoms with E-state index in [2.05, 4.69) is 4.98 Å². The van der Waals surface area contributed by atoms with Crippen molar-refractivity contribution in [3.8, 4) is 11.4 Å². The Hall–Kier alpha value is -1.49. The van der Waals surface area contributed by atoms with Crippen molar-refractivity contribution < 1.29 is 4.74 Å². The number of benzene rings is 2. The molecule has 0 spiro atoms. The van der Waals surface area contributed by atoms with Crippen LogP contribution in [0.3, 0.4) is 0 Å². The van der Waals surface area contributed by atoms with Gasteiger partial charge >= 0.3 is 0 Å². The smallest absolute Gasteiger partial charge is 0.182 e. The Morgan fingerprint density at radius 1 is 1.19 bits per heavy atom. The summed E-state index contributed by atoms with van der Waals surface area (Å²) in [4.78, 5) is 3.14. The second kappa shape index (κ2) is 5.37. The highest BCUT2D eigenvalue weighted by atomic mass is 35.5. The van der Waals surface area contributed by atoms with Gasteiger partial charge in [-0.25, -0.2) is 0 Å². The predicted molar refractivity (Wildman–Crippen MR) is 89.8 cm³/mol. The molecule has 0 saturated heterocycles. The van der Waals surface area contributed by atoms with Gasteiger partial charge in [0.15, 0.2) is 4.77 Å². The molecule has 0 atom stereocenters. The van der Waals surface area contributed by atoms with Gasteiger partial charge in [0.05, 0.1) is 28.9 Å². The molecule has 108 valence electrons. The Morgan fingerprint density at radius 3 is 2.67 bits per heavy atom. The van der Waals surface area contributed by atoms with Gasteiger partial charge in [-0.05, 0) is 42.9 Å². The average molecular weight is 339 g/mol. The zero-order valence-electron chi connectivity index (χ0n) is 11.4. The monoisotopic (exact) mass is 338 g/mol. The van der Waals surface area contributed by atoms with Crippen molar-refractivity contribution >= 4 is 46.5 Å². The van der Waals surface area contributed by atoms with Crippen molar-refractivity contribution in [2.45, 2.75) is 6.92 Å². The standard InChI is InChI=1S/C15H12Cl2N2OS/c1-8-6-12(13(20-2)7-10(8)17)19-11-5-3-4-9(16)14(11)18-15(19)21/h3-7H,1-2H3,(H,18,21). The summed E-state index contributed by atoms with van der Waals surface area (Å²) in [7, 11) is 1.61. The number of imidazole rings is 1. The molecule has 1 heterocycles. The summed E-state index contributed by atoms with van der Waals surface area (Å²) in [5.74, 6) is 0.655. The number of H-pyrrole nitrogens is 1. The number of aryl methyl sites for hydroxylation is 1. The Kier molecular flexibility index (Phi) is 3.69. The van der Waals surface area contributed by atoms with Crippen LogP contribution >= 0.6 is 35.4 Å². The van der Waals surface area contributed by atoms with E-state index in [0.29, 0.717) is 20.6 Å². The lowest BCUT2D eigenvalue weighted by atomic mass is 10.2. The molecule has 0 aliphatic carbocycles. The Bertz CT molecular complexity index is 899. The third-order valence-corrected chi connectivity index (χ3v) is 4.38. The molecule has 1 N–H and O–H groups in total. The number of nitrogens with one attached hydrogen (secondary N) is 1. The second-order valence-corrected chi connectivity index (χ2v) is 5.87. The maximum Gasteiger partial charge on any atom is 0.182 e. The quantitative estimate of drug-likeness (QED) is 0.641. The summed E-state index contributed by atoms with van der Waals surface area (Å²) in [6.07, 6.45) is 0. The van der Waals surface area contributed by atoms with Gasteiger partial charge in [0.25, 0.3) is 0 Å². The molecule has 6 heteroatoms. The van der Waals surface area contributed by atoms with E-state index in [9.17, 15) is 0 Å². The van der Waals surface area contributed by atoms with Crippen LogP contribution in [0.5, 0.6) is 5.75 Å². The number of methoxy groups -OCH3 is 1. The van der Waals surface area contributed by atoms with Crippen LogP contribution in [0, 0.1) is 11.7 Å². The van der Waals surface area contributed by atoms with E-state index in [1.807, 2.05) is 35.8 Å². The first-order valence-corrected chi connectivity index (χ1v) is 7.43. The first-order chi connectivity index (χ1) is 10.0. The van der Waals surface area contributed by atoms with Gasteiger partial charge in [-0.3, -0.25) is 4.57 Å². The topological polar surface area (TPSA) is 29.9 Å². The predicted octanol–water partition coefficient (Wildman–Crippen LogP) is 5.31. The molecule has 0 aliphatic heterocycles. The number of hydrogen-bond donors (Lipinski definition) is 1. The van der Waals surface area contributed by atoms with Crippen LogP contribution in [-0.2, 0) is 0 Å².